The van der Waals surface area contributed by atoms with Crippen molar-refractivity contribution in [1.82, 2.24) is 9.80 Å². The molecular formula is C17H21ClN2O3. The van der Waals surface area contributed by atoms with Gasteiger partial charge in [0.05, 0.1) is 6.54 Å². The van der Waals surface area contributed by atoms with E-state index in [0.717, 1.165) is 12.0 Å². The number of rotatable bonds is 1. The highest BCUT2D eigenvalue weighted by molar-refractivity contribution is 6.30. The van der Waals surface area contributed by atoms with E-state index in [-0.39, 0.29) is 18.4 Å². The normalized spacial score (nSPS) is 24.3. The number of hydrogen-bond acceptors (Lipinski definition) is 3. The molecule has 0 radical (unpaired) electrons. The smallest absolute Gasteiger partial charge is 0.256 e. The summed E-state index contributed by atoms with van der Waals surface area (Å²) in [7, 11) is 0. The average Bonchev–Trinajstić information content (AvgIpc) is 2.53. The molecule has 2 amide bonds. The quantitative estimate of drug-likeness (QED) is 0.847. The number of amides is 2. The van der Waals surface area contributed by atoms with E-state index in [0.29, 0.717) is 37.5 Å². The Morgan fingerprint density at radius 1 is 1.22 bits per heavy atom. The molecule has 1 unspecified atom stereocenters. The second kappa shape index (κ2) is 6.13. The van der Waals surface area contributed by atoms with Crippen molar-refractivity contribution in [3.05, 3.63) is 34.3 Å². The molecule has 2 heterocycles. The maximum atomic E-state index is 12.8. The second-order valence-electron chi connectivity index (χ2n) is 6.47. The van der Waals surface area contributed by atoms with Crippen LogP contribution in [0, 0.1) is 0 Å². The van der Waals surface area contributed by atoms with Gasteiger partial charge in [-0.25, -0.2) is 0 Å². The first-order valence-electron chi connectivity index (χ1n) is 7.94. The van der Waals surface area contributed by atoms with Crippen LogP contribution in [0.25, 0.3) is 0 Å². The van der Waals surface area contributed by atoms with Gasteiger partial charge in [-0.15, -0.1) is 0 Å². The van der Waals surface area contributed by atoms with Gasteiger partial charge in [-0.2, -0.15) is 0 Å². The van der Waals surface area contributed by atoms with Crippen LogP contribution in [0.3, 0.4) is 0 Å². The fourth-order valence-electron chi connectivity index (χ4n) is 3.47. The van der Waals surface area contributed by atoms with Crippen molar-refractivity contribution in [2.24, 2.45) is 0 Å². The lowest BCUT2D eigenvalue weighted by Crippen LogP contribution is -2.59. The third-order valence-electron chi connectivity index (χ3n) is 4.78. The van der Waals surface area contributed by atoms with E-state index in [4.69, 9.17) is 11.6 Å². The summed E-state index contributed by atoms with van der Waals surface area (Å²) in [6.45, 7) is 3.19. The zero-order valence-electron chi connectivity index (χ0n) is 13.2. The van der Waals surface area contributed by atoms with Gasteiger partial charge in [0.2, 0.25) is 5.91 Å². The van der Waals surface area contributed by atoms with Crippen molar-refractivity contribution in [3.8, 4) is 0 Å². The molecule has 23 heavy (non-hydrogen) atoms. The zero-order chi connectivity index (χ0) is 16.6. The molecule has 1 aromatic carbocycles. The first-order valence-corrected chi connectivity index (χ1v) is 8.31. The lowest BCUT2D eigenvalue weighted by Gasteiger charge is -2.41. The van der Waals surface area contributed by atoms with E-state index >= 15 is 0 Å². The minimum atomic E-state index is -1.47. The van der Waals surface area contributed by atoms with E-state index in [2.05, 4.69) is 0 Å². The molecule has 1 aromatic rings. The van der Waals surface area contributed by atoms with Crippen LogP contribution in [-0.4, -0.2) is 52.0 Å². The number of halogens is 1. The molecular weight excluding hydrogens is 316 g/mol. The monoisotopic (exact) mass is 336 g/mol. The van der Waals surface area contributed by atoms with Gasteiger partial charge in [-0.3, -0.25) is 9.59 Å². The summed E-state index contributed by atoms with van der Waals surface area (Å²) in [5, 5.41) is 11.5. The zero-order valence-corrected chi connectivity index (χ0v) is 14.0. The van der Waals surface area contributed by atoms with E-state index in [9.17, 15) is 14.7 Å². The number of fused-ring (bicyclic) bond motifs is 1. The summed E-state index contributed by atoms with van der Waals surface area (Å²) in [6.07, 6.45) is 1.79. The Morgan fingerprint density at radius 3 is 2.74 bits per heavy atom. The van der Waals surface area contributed by atoms with Crippen LogP contribution >= 0.6 is 11.6 Å². The minimum absolute atomic E-state index is 0.0834. The summed E-state index contributed by atoms with van der Waals surface area (Å²) in [4.78, 5) is 27.6. The Hall–Kier alpha value is -1.59. The molecule has 0 aliphatic carbocycles. The van der Waals surface area contributed by atoms with Crippen LogP contribution < -0.4 is 0 Å². The highest BCUT2D eigenvalue weighted by Gasteiger charge is 2.43. The van der Waals surface area contributed by atoms with Gasteiger partial charge in [0.25, 0.3) is 5.91 Å². The Kier molecular flexibility index (Phi) is 4.34. The van der Waals surface area contributed by atoms with Crippen molar-refractivity contribution >= 4 is 23.4 Å². The topological polar surface area (TPSA) is 60.9 Å². The number of hydrogen-bond donors (Lipinski definition) is 1. The Morgan fingerprint density at radius 2 is 2.00 bits per heavy atom. The highest BCUT2D eigenvalue weighted by Crippen LogP contribution is 2.28. The SMILES string of the molecule is CC(=O)N1CCCC(O)(C(=O)N2CCc3ccc(Cl)cc3C2)C1. The summed E-state index contributed by atoms with van der Waals surface area (Å²) >= 11 is 6.04. The van der Waals surface area contributed by atoms with Crippen LogP contribution in [0.2, 0.25) is 5.02 Å². The molecule has 0 aromatic heterocycles. The van der Waals surface area contributed by atoms with Crippen LogP contribution in [0.15, 0.2) is 18.2 Å². The number of β-amino-alcohol motifs (C(OH)–C–C–N with tert-alkyl or cyclic N) is 1. The van der Waals surface area contributed by atoms with Crippen LogP contribution in [-0.2, 0) is 22.6 Å². The second-order valence-corrected chi connectivity index (χ2v) is 6.90. The predicted molar refractivity (Wildman–Crippen MR) is 87.0 cm³/mol. The summed E-state index contributed by atoms with van der Waals surface area (Å²) in [5.74, 6) is -0.388. The number of aliphatic hydroxyl groups is 1. The third-order valence-corrected chi connectivity index (χ3v) is 5.02. The highest BCUT2D eigenvalue weighted by atomic mass is 35.5. The minimum Gasteiger partial charge on any atom is -0.378 e. The average molecular weight is 337 g/mol. The Balaban J connectivity index is 1.77. The van der Waals surface area contributed by atoms with Crippen molar-refractivity contribution in [2.75, 3.05) is 19.6 Å². The van der Waals surface area contributed by atoms with E-state index < -0.39 is 5.60 Å². The fraction of sp³-hybridized carbons (Fsp3) is 0.529. The van der Waals surface area contributed by atoms with Gasteiger partial charge < -0.3 is 14.9 Å². The van der Waals surface area contributed by atoms with Gasteiger partial charge >= 0.3 is 0 Å². The number of benzene rings is 1. The van der Waals surface area contributed by atoms with E-state index in [1.807, 2.05) is 18.2 Å². The Bertz CT molecular complexity index is 649. The number of likely N-dealkylation sites (tertiary alicyclic amines) is 1. The van der Waals surface area contributed by atoms with Crippen molar-refractivity contribution < 1.29 is 14.7 Å². The first kappa shape index (κ1) is 16.3. The molecule has 2 aliphatic rings. The maximum absolute atomic E-state index is 12.8. The predicted octanol–water partition coefficient (Wildman–Crippen LogP) is 1.60. The molecule has 1 fully saturated rings. The molecule has 124 valence electrons. The lowest BCUT2D eigenvalue weighted by atomic mass is 9.89. The van der Waals surface area contributed by atoms with Gasteiger partial charge in [-0.1, -0.05) is 17.7 Å². The number of piperidine rings is 1. The fourth-order valence-corrected chi connectivity index (χ4v) is 3.67. The molecule has 0 saturated carbocycles. The number of carbonyl (C=O) groups excluding carboxylic acids is 2. The van der Waals surface area contributed by atoms with Crippen LogP contribution in [0.5, 0.6) is 0 Å². The molecule has 6 heteroatoms. The van der Waals surface area contributed by atoms with Crippen molar-refractivity contribution in [3.63, 3.8) is 0 Å². The van der Waals surface area contributed by atoms with Crippen LogP contribution in [0.4, 0.5) is 0 Å². The molecule has 1 atom stereocenters. The van der Waals surface area contributed by atoms with Gasteiger partial charge in [0, 0.05) is 31.6 Å². The lowest BCUT2D eigenvalue weighted by molar-refractivity contribution is -0.160. The molecule has 3 rings (SSSR count). The van der Waals surface area contributed by atoms with Crippen LogP contribution in [0.1, 0.15) is 30.9 Å². The standard InChI is InChI=1S/C17H21ClN2O3/c1-12(21)20-7-2-6-17(23,11-20)16(22)19-8-5-13-3-4-15(18)9-14(13)10-19/h3-4,9,23H,2,5-8,10-11H2,1H3. The summed E-state index contributed by atoms with van der Waals surface area (Å²) < 4.78 is 0. The van der Waals surface area contributed by atoms with Gasteiger partial charge in [0.15, 0.2) is 5.60 Å². The summed E-state index contributed by atoms with van der Waals surface area (Å²) in [6, 6.07) is 5.73. The molecule has 1 N–H and O–H groups in total. The summed E-state index contributed by atoms with van der Waals surface area (Å²) in [5.41, 5.74) is 0.749. The van der Waals surface area contributed by atoms with E-state index in [1.54, 1.807) is 9.80 Å². The first-order chi connectivity index (χ1) is 10.9. The third kappa shape index (κ3) is 3.21. The molecule has 0 spiro atoms. The van der Waals surface area contributed by atoms with Crippen molar-refractivity contribution in [2.45, 2.75) is 38.3 Å². The van der Waals surface area contributed by atoms with E-state index in [1.165, 1.54) is 12.5 Å². The number of carbonyl (C=O) groups is 2. The molecule has 5 nitrogen and oxygen atoms in total. The molecule has 2 aliphatic heterocycles. The largest absolute Gasteiger partial charge is 0.378 e. The van der Waals surface area contributed by atoms with Gasteiger partial charge in [0.1, 0.15) is 0 Å². The number of nitrogens with zero attached hydrogens (tertiary/aromatic N) is 2. The van der Waals surface area contributed by atoms with Crippen molar-refractivity contribution in [1.29, 1.82) is 0 Å². The van der Waals surface area contributed by atoms with Gasteiger partial charge in [-0.05, 0) is 42.5 Å². The maximum Gasteiger partial charge on any atom is 0.256 e. The molecule has 0 bridgehead atoms. The molecule has 1 saturated heterocycles. The Labute approximate surface area is 140 Å².